The zero-order chi connectivity index (χ0) is 17.4. The third-order valence-electron chi connectivity index (χ3n) is 3.70. The van der Waals surface area contributed by atoms with Gasteiger partial charge in [0.25, 0.3) is 5.91 Å². The summed E-state index contributed by atoms with van der Waals surface area (Å²) in [6.45, 7) is 3.31. The zero-order valence-electron chi connectivity index (χ0n) is 14.1. The number of carbonyl (C=O) groups is 1. The quantitative estimate of drug-likeness (QED) is 0.808. The minimum atomic E-state index is -0.279. The largest absolute Gasteiger partial charge is 0.350 e. The number of hydrogen-bond donors (Lipinski definition) is 1. The molecule has 0 spiro atoms. The zero-order valence-corrected chi connectivity index (χ0v) is 14.1. The molecule has 1 heterocycles. The summed E-state index contributed by atoms with van der Waals surface area (Å²) in [5.41, 5.74) is 0.900. The van der Waals surface area contributed by atoms with E-state index in [1.54, 1.807) is 30.5 Å². The van der Waals surface area contributed by atoms with Crippen LogP contribution in [0.3, 0.4) is 0 Å². The van der Waals surface area contributed by atoms with E-state index in [4.69, 9.17) is 0 Å². The van der Waals surface area contributed by atoms with Gasteiger partial charge in [0, 0.05) is 26.3 Å². The Hall–Kier alpha value is -2.50. The van der Waals surface area contributed by atoms with E-state index in [1.165, 1.54) is 6.07 Å². The second kappa shape index (κ2) is 8.96. The van der Waals surface area contributed by atoms with Crippen LogP contribution in [-0.4, -0.2) is 36.0 Å². The Morgan fingerprint density at radius 3 is 2.83 bits per heavy atom. The van der Waals surface area contributed by atoms with Gasteiger partial charge < -0.3 is 10.2 Å². The summed E-state index contributed by atoms with van der Waals surface area (Å²) in [5, 5.41) is 2.77. The molecule has 2 aromatic rings. The topological polar surface area (TPSA) is 58.1 Å². The molecule has 1 aromatic heterocycles. The highest BCUT2D eigenvalue weighted by Crippen LogP contribution is 2.08. The molecular formula is C18H23FN4O. The van der Waals surface area contributed by atoms with Gasteiger partial charge in [-0.1, -0.05) is 31.5 Å². The maximum absolute atomic E-state index is 13.5. The lowest BCUT2D eigenvalue weighted by Crippen LogP contribution is -2.28. The molecule has 0 aliphatic rings. The van der Waals surface area contributed by atoms with Gasteiger partial charge in [0.2, 0.25) is 5.95 Å². The minimum absolute atomic E-state index is 0.256. The van der Waals surface area contributed by atoms with Crippen LogP contribution in [-0.2, 0) is 6.42 Å². The molecule has 0 bridgehead atoms. The molecule has 1 N–H and O–H groups in total. The molecule has 128 valence electrons. The number of amides is 1. The molecule has 0 aliphatic carbocycles. The fraction of sp³-hybridized carbons (Fsp3) is 0.389. The molecule has 5 nitrogen and oxygen atoms in total. The number of carbonyl (C=O) groups excluding carboxylic acids is 1. The van der Waals surface area contributed by atoms with Crippen LogP contribution in [0.25, 0.3) is 0 Å². The van der Waals surface area contributed by atoms with Crippen LogP contribution in [0.1, 0.15) is 35.8 Å². The summed E-state index contributed by atoms with van der Waals surface area (Å²) in [6, 6.07) is 8.14. The summed E-state index contributed by atoms with van der Waals surface area (Å²) >= 11 is 0. The molecule has 0 radical (unpaired) electrons. The lowest BCUT2D eigenvalue weighted by Gasteiger charge is -2.16. The summed E-state index contributed by atoms with van der Waals surface area (Å²) in [4.78, 5) is 22.6. The average Bonchev–Trinajstić information content (AvgIpc) is 2.61. The number of hydrogen-bond acceptors (Lipinski definition) is 4. The second-order valence-electron chi connectivity index (χ2n) is 5.61. The van der Waals surface area contributed by atoms with Crippen molar-refractivity contribution in [3.05, 3.63) is 53.6 Å². The van der Waals surface area contributed by atoms with E-state index in [0.29, 0.717) is 30.2 Å². The molecule has 0 saturated carbocycles. The van der Waals surface area contributed by atoms with E-state index in [0.717, 1.165) is 19.4 Å². The molecule has 1 amide bonds. The number of anilines is 1. The van der Waals surface area contributed by atoms with E-state index >= 15 is 0 Å². The summed E-state index contributed by atoms with van der Waals surface area (Å²) in [5.74, 6) is -0.00213. The van der Waals surface area contributed by atoms with Gasteiger partial charge in [-0.15, -0.1) is 0 Å². The van der Waals surface area contributed by atoms with Gasteiger partial charge >= 0.3 is 0 Å². The standard InChI is InChI=1S/C18H23FN4O/c1-3-4-13-23(2)18-21-12-10-16(22-18)17(24)20-11-9-14-7-5-6-8-15(14)19/h5-8,10,12H,3-4,9,11,13H2,1-2H3,(H,20,24). The van der Waals surface area contributed by atoms with Crippen LogP contribution in [0.4, 0.5) is 10.3 Å². The Labute approximate surface area is 141 Å². The fourth-order valence-corrected chi connectivity index (χ4v) is 2.26. The van der Waals surface area contributed by atoms with Gasteiger partial charge in [-0.2, -0.15) is 0 Å². The number of unbranched alkanes of at least 4 members (excludes halogenated alkanes) is 1. The van der Waals surface area contributed by atoms with Gasteiger partial charge in [0.05, 0.1) is 0 Å². The highest BCUT2D eigenvalue weighted by molar-refractivity contribution is 5.92. The van der Waals surface area contributed by atoms with Crippen molar-refractivity contribution in [3.8, 4) is 0 Å². The number of nitrogens with one attached hydrogen (secondary N) is 1. The van der Waals surface area contributed by atoms with Crippen molar-refractivity contribution < 1.29 is 9.18 Å². The van der Waals surface area contributed by atoms with Crippen molar-refractivity contribution in [1.82, 2.24) is 15.3 Å². The summed E-state index contributed by atoms with van der Waals surface area (Å²) < 4.78 is 13.5. The van der Waals surface area contributed by atoms with Crippen molar-refractivity contribution in [2.75, 3.05) is 25.0 Å². The van der Waals surface area contributed by atoms with Crippen LogP contribution < -0.4 is 10.2 Å². The summed E-state index contributed by atoms with van der Waals surface area (Å²) in [7, 11) is 1.91. The monoisotopic (exact) mass is 330 g/mol. The normalized spacial score (nSPS) is 10.5. The third kappa shape index (κ3) is 5.01. The van der Waals surface area contributed by atoms with Crippen LogP contribution in [0.15, 0.2) is 36.5 Å². The first-order valence-electron chi connectivity index (χ1n) is 8.17. The van der Waals surface area contributed by atoms with Crippen molar-refractivity contribution >= 4 is 11.9 Å². The SMILES string of the molecule is CCCCN(C)c1nccc(C(=O)NCCc2ccccc2F)n1. The van der Waals surface area contributed by atoms with Crippen molar-refractivity contribution in [1.29, 1.82) is 0 Å². The van der Waals surface area contributed by atoms with Crippen LogP contribution >= 0.6 is 0 Å². The van der Waals surface area contributed by atoms with Crippen molar-refractivity contribution in [3.63, 3.8) is 0 Å². The molecule has 0 unspecified atom stereocenters. The average molecular weight is 330 g/mol. The molecule has 0 atom stereocenters. The van der Waals surface area contributed by atoms with E-state index < -0.39 is 0 Å². The summed E-state index contributed by atoms with van der Waals surface area (Å²) in [6.07, 6.45) is 4.14. The van der Waals surface area contributed by atoms with E-state index in [-0.39, 0.29) is 11.7 Å². The van der Waals surface area contributed by atoms with Gasteiger partial charge in [0.15, 0.2) is 0 Å². The number of halogens is 1. The maximum Gasteiger partial charge on any atom is 0.270 e. The van der Waals surface area contributed by atoms with Crippen molar-refractivity contribution in [2.45, 2.75) is 26.2 Å². The Kier molecular flexibility index (Phi) is 6.66. The van der Waals surface area contributed by atoms with Gasteiger partial charge in [-0.3, -0.25) is 4.79 Å². The van der Waals surface area contributed by atoms with Crippen LogP contribution in [0, 0.1) is 5.82 Å². The predicted octanol–water partition coefficient (Wildman–Crippen LogP) is 2.82. The van der Waals surface area contributed by atoms with E-state index in [9.17, 15) is 9.18 Å². The predicted molar refractivity (Wildman–Crippen MR) is 92.6 cm³/mol. The molecule has 24 heavy (non-hydrogen) atoms. The number of nitrogens with zero attached hydrogens (tertiary/aromatic N) is 3. The first-order valence-corrected chi connectivity index (χ1v) is 8.17. The Morgan fingerprint density at radius 2 is 2.08 bits per heavy atom. The first-order chi connectivity index (χ1) is 11.6. The van der Waals surface area contributed by atoms with Crippen LogP contribution in [0.5, 0.6) is 0 Å². The van der Waals surface area contributed by atoms with Gasteiger partial charge in [-0.05, 0) is 30.5 Å². The Bertz CT molecular complexity index is 678. The number of rotatable bonds is 8. The molecule has 0 aliphatic heterocycles. The highest BCUT2D eigenvalue weighted by atomic mass is 19.1. The highest BCUT2D eigenvalue weighted by Gasteiger charge is 2.11. The first kappa shape index (κ1) is 17.8. The molecule has 6 heteroatoms. The number of aromatic nitrogens is 2. The van der Waals surface area contributed by atoms with Crippen molar-refractivity contribution in [2.24, 2.45) is 0 Å². The lowest BCUT2D eigenvalue weighted by atomic mass is 10.1. The van der Waals surface area contributed by atoms with E-state index in [1.807, 2.05) is 11.9 Å². The van der Waals surface area contributed by atoms with E-state index in [2.05, 4.69) is 22.2 Å². The number of benzene rings is 1. The van der Waals surface area contributed by atoms with Gasteiger partial charge in [-0.25, -0.2) is 14.4 Å². The minimum Gasteiger partial charge on any atom is -0.350 e. The van der Waals surface area contributed by atoms with Crippen LogP contribution in [0.2, 0.25) is 0 Å². The fourth-order valence-electron chi connectivity index (χ4n) is 2.26. The lowest BCUT2D eigenvalue weighted by molar-refractivity contribution is 0.0949. The molecule has 0 saturated heterocycles. The molecule has 2 rings (SSSR count). The second-order valence-corrected chi connectivity index (χ2v) is 5.61. The van der Waals surface area contributed by atoms with Gasteiger partial charge in [0.1, 0.15) is 11.5 Å². The maximum atomic E-state index is 13.5. The molecular weight excluding hydrogens is 307 g/mol. The Morgan fingerprint density at radius 1 is 1.29 bits per heavy atom. The smallest absolute Gasteiger partial charge is 0.270 e. The Balaban J connectivity index is 1.91. The molecule has 0 fully saturated rings. The molecule has 1 aromatic carbocycles. The third-order valence-corrected chi connectivity index (χ3v) is 3.70.